The van der Waals surface area contributed by atoms with Crippen molar-refractivity contribution in [2.45, 2.75) is 32.1 Å². The van der Waals surface area contributed by atoms with Gasteiger partial charge in [0.1, 0.15) is 5.75 Å². The summed E-state index contributed by atoms with van der Waals surface area (Å²) < 4.78 is 5.21. The lowest BCUT2D eigenvalue weighted by molar-refractivity contribution is -0.137. The molecule has 23 heavy (non-hydrogen) atoms. The van der Waals surface area contributed by atoms with Crippen LogP contribution in [0, 0.1) is 11.8 Å². The molecular formula is C19H28N2O2. The van der Waals surface area contributed by atoms with Gasteiger partial charge in [0.05, 0.1) is 7.11 Å². The molecule has 0 spiro atoms. The molecule has 1 aromatic rings. The van der Waals surface area contributed by atoms with Crippen molar-refractivity contribution in [2.24, 2.45) is 11.8 Å². The van der Waals surface area contributed by atoms with Gasteiger partial charge in [-0.1, -0.05) is 12.1 Å². The van der Waals surface area contributed by atoms with E-state index in [1.54, 1.807) is 7.11 Å². The topological polar surface area (TPSA) is 41.6 Å². The summed E-state index contributed by atoms with van der Waals surface area (Å²) in [6.07, 6.45) is 5.38. The lowest BCUT2D eigenvalue weighted by atomic mass is 9.89. The van der Waals surface area contributed by atoms with Gasteiger partial charge in [0.15, 0.2) is 0 Å². The molecule has 0 unspecified atom stereocenters. The van der Waals surface area contributed by atoms with Crippen molar-refractivity contribution >= 4 is 5.91 Å². The number of piperidine rings is 2. The number of rotatable bonds is 4. The van der Waals surface area contributed by atoms with Crippen LogP contribution in [0.25, 0.3) is 0 Å². The number of likely N-dealkylation sites (tertiary alicyclic amines) is 1. The smallest absolute Gasteiger partial charge is 0.225 e. The number of methoxy groups -OCH3 is 1. The number of benzene rings is 1. The Morgan fingerprint density at radius 2 is 1.78 bits per heavy atom. The third-order valence-corrected chi connectivity index (χ3v) is 5.30. The molecule has 126 valence electrons. The maximum Gasteiger partial charge on any atom is 0.225 e. The number of nitrogens with zero attached hydrogens (tertiary/aromatic N) is 1. The van der Waals surface area contributed by atoms with E-state index < -0.39 is 0 Å². The van der Waals surface area contributed by atoms with Gasteiger partial charge in [-0.25, -0.2) is 0 Å². The third kappa shape index (κ3) is 4.25. The molecule has 0 aromatic heterocycles. The highest BCUT2D eigenvalue weighted by atomic mass is 16.5. The molecule has 2 heterocycles. The molecule has 1 aromatic carbocycles. The minimum absolute atomic E-state index is 0.259. The Morgan fingerprint density at radius 1 is 1.13 bits per heavy atom. The fraction of sp³-hybridized carbons (Fsp3) is 0.632. The normalized spacial score (nSPS) is 20.5. The maximum atomic E-state index is 12.6. The van der Waals surface area contributed by atoms with Crippen LogP contribution < -0.4 is 10.1 Å². The summed E-state index contributed by atoms with van der Waals surface area (Å²) >= 11 is 0. The van der Waals surface area contributed by atoms with Gasteiger partial charge in [0.2, 0.25) is 5.91 Å². The third-order valence-electron chi connectivity index (χ3n) is 5.30. The molecule has 2 aliphatic rings. The summed E-state index contributed by atoms with van der Waals surface area (Å²) in [6.45, 7) is 3.85. The van der Waals surface area contributed by atoms with Gasteiger partial charge in [-0.2, -0.15) is 0 Å². The molecule has 4 heteroatoms. The van der Waals surface area contributed by atoms with Crippen molar-refractivity contribution in [3.05, 3.63) is 29.8 Å². The average molecular weight is 316 g/mol. The predicted molar refractivity (Wildman–Crippen MR) is 91.6 cm³/mol. The van der Waals surface area contributed by atoms with E-state index in [9.17, 15) is 4.79 Å². The van der Waals surface area contributed by atoms with Gasteiger partial charge in [-0.05, 0) is 68.8 Å². The molecular weight excluding hydrogens is 288 g/mol. The highest BCUT2D eigenvalue weighted by Crippen LogP contribution is 2.25. The van der Waals surface area contributed by atoms with Crippen molar-refractivity contribution in [2.75, 3.05) is 33.3 Å². The first kappa shape index (κ1) is 16.3. The Bertz CT molecular complexity index is 501. The zero-order valence-electron chi connectivity index (χ0n) is 14.1. The molecule has 0 bridgehead atoms. The summed E-state index contributed by atoms with van der Waals surface area (Å²) in [5.41, 5.74) is 1.37. The Balaban J connectivity index is 1.46. The van der Waals surface area contributed by atoms with Crippen LogP contribution in [0.5, 0.6) is 5.75 Å². The van der Waals surface area contributed by atoms with Crippen molar-refractivity contribution in [3.8, 4) is 5.75 Å². The van der Waals surface area contributed by atoms with Gasteiger partial charge in [0, 0.05) is 19.0 Å². The van der Waals surface area contributed by atoms with Gasteiger partial charge >= 0.3 is 0 Å². The van der Waals surface area contributed by atoms with Crippen LogP contribution in [-0.4, -0.2) is 44.1 Å². The maximum absolute atomic E-state index is 12.6. The minimum Gasteiger partial charge on any atom is -0.497 e. The van der Waals surface area contributed by atoms with E-state index in [0.717, 1.165) is 64.0 Å². The number of hydrogen-bond acceptors (Lipinski definition) is 3. The van der Waals surface area contributed by atoms with Crippen LogP contribution in [0.3, 0.4) is 0 Å². The van der Waals surface area contributed by atoms with E-state index in [2.05, 4.69) is 22.3 Å². The Morgan fingerprint density at radius 3 is 2.39 bits per heavy atom. The minimum atomic E-state index is 0.259. The van der Waals surface area contributed by atoms with Crippen LogP contribution in [0.1, 0.15) is 31.2 Å². The van der Waals surface area contributed by atoms with E-state index in [0.29, 0.717) is 11.8 Å². The van der Waals surface area contributed by atoms with Gasteiger partial charge in [-0.3, -0.25) is 4.79 Å². The lowest BCUT2D eigenvalue weighted by Crippen LogP contribution is -2.44. The molecule has 2 saturated heterocycles. The predicted octanol–water partition coefficient (Wildman–Crippen LogP) is 2.48. The number of carbonyl (C=O) groups is 1. The summed E-state index contributed by atoms with van der Waals surface area (Å²) in [5.74, 6) is 2.26. The van der Waals surface area contributed by atoms with Crippen LogP contribution in [0.4, 0.5) is 0 Å². The molecule has 2 aliphatic heterocycles. The van der Waals surface area contributed by atoms with Crippen molar-refractivity contribution in [1.29, 1.82) is 0 Å². The summed E-state index contributed by atoms with van der Waals surface area (Å²) in [6, 6.07) is 8.38. The fourth-order valence-electron chi connectivity index (χ4n) is 3.78. The van der Waals surface area contributed by atoms with Gasteiger partial charge < -0.3 is 15.0 Å². The number of hydrogen-bond donors (Lipinski definition) is 1. The molecule has 3 rings (SSSR count). The van der Waals surface area contributed by atoms with Crippen molar-refractivity contribution in [3.63, 3.8) is 0 Å². The summed E-state index contributed by atoms with van der Waals surface area (Å²) in [7, 11) is 1.70. The number of nitrogens with one attached hydrogen (secondary N) is 1. The average Bonchev–Trinajstić information content (AvgIpc) is 2.63. The fourth-order valence-corrected chi connectivity index (χ4v) is 3.78. The number of amides is 1. The highest BCUT2D eigenvalue weighted by molar-refractivity contribution is 5.79. The Hall–Kier alpha value is -1.55. The van der Waals surface area contributed by atoms with E-state index in [1.165, 1.54) is 5.56 Å². The molecule has 0 radical (unpaired) electrons. The van der Waals surface area contributed by atoms with Crippen LogP contribution >= 0.6 is 0 Å². The second kappa shape index (κ2) is 7.82. The molecule has 0 saturated carbocycles. The summed E-state index contributed by atoms with van der Waals surface area (Å²) in [5, 5.41) is 3.34. The SMILES string of the molecule is COc1ccc(CC2CCN(C(=O)C3CCNCC3)CC2)cc1. The first-order valence-corrected chi connectivity index (χ1v) is 8.88. The van der Waals surface area contributed by atoms with Crippen LogP contribution in [0.2, 0.25) is 0 Å². The van der Waals surface area contributed by atoms with Gasteiger partial charge in [0.25, 0.3) is 0 Å². The molecule has 2 fully saturated rings. The van der Waals surface area contributed by atoms with Gasteiger partial charge in [-0.15, -0.1) is 0 Å². The molecule has 1 N–H and O–H groups in total. The zero-order chi connectivity index (χ0) is 16.1. The molecule has 0 atom stereocenters. The number of ether oxygens (including phenoxy) is 1. The summed E-state index contributed by atoms with van der Waals surface area (Å²) in [4.78, 5) is 14.7. The quantitative estimate of drug-likeness (QED) is 0.928. The second-order valence-electron chi connectivity index (χ2n) is 6.85. The van der Waals surface area contributed by atoms with Crippen LogP contribution in [0.15, 0.2) is 24.3 Å². The first-order chi connectivity index (χ1) is 11.3. The standard InChI is InChI=1S/C19H28N2O2/c1-23-18-4-2-15(3-5-18)14-16-8-12-21(13-9-16)19(22)17-6-10-20-11-7-17/h2-5,16-17,20H,6-14H2,1H3. The lowest BCUT2D eigenvalue weighted by Gasteiger charge is -2.35. The second-order valence-corrected chi connectivity index (χ2v) is 6.85. The van der Waals surface area contributed by atoms with E-state index in [4.69, 9.17) is 4.74 Å². The molecule has 0 aliphatic carbocycles. The Labute approximate surface area is 139 Å². The van der Waals surface area contributed by atoms with E-state index >= 15 is 0 Å². The molecule has 1 amide bonds. The largest absolute Gasteiger partial charge is 0.497 e. The monoisotopic (exact) mass is 316 g/mol. The highest BCUT2D eigenvalue weighted by Gasteiger charge is 2.29. The zero-order valence-corrected chi connectivity index (χ0v) is 14.1. The number of carbonyl (C=O) groups excluding carboxylic acids is 1. The van der Waals surface area contributed by atoms with Crippen LogP contribution in [-0.2, 0) is 11.2 Å². The van der Waals surface area contributed by atoms with E-state index in [1.807, 2.05) is 12.1 Å². The first-order valence-electron chi connectivity index (χ1n) is 8.88. The van der Waals surface area contributed by atoms with Crippen molar-refractivity contribution in [1.82, 2.24) is 10.2 Å². The Kier molecular flexibility index (Phi) is 5.55. The van der Waals surface area contributed by atoms with Crippen molar-refractivity contribution < 1.29 is 9.53 Å². The van der Waals surface area contributed by atoms with E-state index in [-0.39, 0.29) is 5.92 Å². The molecule has 4 nitrogen and oxygen atoms in total.